The maximum atomic E-state index is 12.3. The van der Waals surface area contributed by atoms with Crippen LogP contribution < -0.4 is 0 Å². The van der Waals surface area contributed by atoms with Crippen LogP contribution in [0.5, 0.6) is 0 Å². The van der Waals surface area contributed by atoms with Crippen LogP contribution in [0.3, 0.4) is 0 Å². The Hall–Kier alpha value is -1.83. The summed E-state index contributed by atoms with van der Waals surface area (Å²) in [5.74, 6) is -0.283. The molecular formula is C12H10N6OS3. The highest BCUT2D eigenvalue weighted by molar-refractivity contribution is 8.41. The molecule has 1 aromatic carbocycles. The summed E-state index contributed by atoms with van der Waals surface area (Å²) in [5, 5.41) is 20.6. The summed E-state index contributed by atoms with van der Waals surface area (Å²) in [5.41, 5.74) is 0.514. The van der Waals surface area contributed by atoms with Crippen LogP contribution in [0.15, 0.2) is 40.5 Å². The van der Waals surface area contributed by atoms with Gasteiger partial charge in [-0.3, -0.25) is 4.79 Å². The van der Waals surface area contributed by atoms with E-state index in [1.54, 1.807) is 30.5 Å². The number of benzene rings is 1. The topological polar surface area (TPSA) is 96.8 Å². The van der Waals surface area contributed by atoms with Gasteiger partial charge in [-0.05, 0) is 28.8 Å². The highest BCUT2D eigenvalue weighted by Crippen LogP contribution is 2.24. The van der Waals surface area contributed by atoms with Crippen molar-refractivity contribution in [3.8, 4) is 6.19 Å². The average Bonchev–Trinajstić information content (AvgIpc) is 3.02. The number of carbonyl (C=O) groups is 1. The number of nitrogens with zero attached hydrogens (tertiary/aromatic N) is 6. The summed E-state index contributed by atoms with van der Waals surface area (Å²) in [6, 6.07) is 8.81. The fourth-order valence-corrected chi connectivity index (χ4v) is 3.95. The van der Waals surface area contributed by atoms with Crippen molar-refractivity contribution in [1.82, 2.24) is 20.2 Å². The summed E-state index contributed by atoms with van der Waals surface area (Å²) in [6.45, 7) is 0. The number of aliphatic imine (C=N–C) groups is 1. The van der Waals surface area contributed by atoms with Gasteiger partial charge in [-0.25, -0.2) is 0 Å². The third-order valence-corrected chi connectivity index (χ3v) is 5.43. The Morgan fingerprint density at radius 3 is 2.86 bits per heavy atom. The predicted molar refractivity (Wildman–Crippen MR) is 88.9 cm³/mol. The molecule has 0 aliphatic carbocycles. The van der Waals surface area contributed by atoms with Gasteiger partial charge in [0.05, 0.1) is 5.08 Å². The minimum Gasteiger partial charge on any atom is -0.267 e. The van der Waals surface area contributed by atoms with E-state index in [4.69, 9.17) is 5.26 Å². The number of hydrogen-bond acceptors (Lipinski definition) is 9. The smallest absolute Gasteiger partial charge is 0.267 e. The molecule has 0 unspecified atom stereocenters. The van der Waals surface area contributed by atoms with Crippen molar-refractivity contribution in [2.24, 2.45) is 4.99 Å². The van der Waals surface area contributed by atoms with Crippen LogP contribution in [-0.4, -0.2) is 41.8 Å². The lowest BCUT2D eigenvalue weighted by molar-refractivity contribution is 0.0932. The molecule has 0 spiro atoms. The van der Waals surface area contributed by atoms with Crippen molar-refractivity contribution >= 4 is 45.6 Å². The fourth-order valence-electron chi connectivity index (χ4n) is 1.41. The lowest BCUT2D eigenvalue weighted by Crippen LogP contribution is -2.15. The van der Waals surface area contributed by atoms with Gasteiger partial charge in [0.1, 0.15) is 4.38 Å². The van der Waals surface area contributed by atoms with Gasteiger partial charge in [0.15, 0.2) is 0 Å². The van der Waals surface area contributed by atoms with Crippen molar-refractivity contribution < 1.29 is 4.79 Å². The molecule has 0 radical (unpaired) electrons. The Morgan fingerprint density at radius 1 is 1.41 bits per heavy atom. The first-order valence-electron chi connectivity index (χ1n) is 5.90. The zero-order chi connectivity index (χ0) is 15.8. The van der Waals surface area contributed by atoms with E-state index in [-0.39, 0.29) is 5.91 Å². The Bertz CT molecular complexity index is 709. The summed E-state index contributed by atoms with van der Waals surface area (Å²) < 4.78 is 1.82. The molecule has 2 rings (SSSR count). The van der Waals surface area contributed by atoms with E-state index >= 15 is 0 Å². The molecule has 0 fully saturated rings. The third kappa shape index (κ3) is 4.33. The average molecular weight is 350 g/mol. The van der Waals surface area contributed by atoms with Crippen LogP contribution in [0.4, 0.5) is 0 Å². The molecule has 2 aromatic rings. The molecule has 22 heavy (non-hydrogen) atoms. The van der Waals surface area contributed by atoms with Crippen molar-refractivity contribution in [1.29, 1.82) is 5.26 Å². The number of carbonyl (C=O) groups excluding carboxylic acids is 1. The first-order chi connectivity index (χ1) is 10.8. The second-order valence-electron chi connectivity index (χ2n) is 3.63. The van der Waals surface area contributed by atoms with Crippen molar-refractivity contribution in [3.63, 3.8) is 0 Å². The van der Waals surface area contributed by atoms with E-state index in [9.17, 15) is 4.79 Å². The Morgan fingerprint density at radius 2 is 2.18 bits per heavy atom. The van der Waals surface area contributed by atoms with E-state index < -0.39 is 0 Å². The first-order valence-corrected chi connectivity index (χ1v) is 9.10. The van der Waals surface area contributed by atoms with Crippen molar-refractivity contribution in [3.05, 3.63) is 35.9 Å². The molecule has 0 saturated carbocycles. The Kier molecular flexibility index (Phi) is 6.45. The van der Waals surface area contributed by atoms with Crippen LogP contribution >= 0.6 is 35.3 Å². The van der Waals surface area contributed by atoms with Crippen LogP contribution in [0.1, 0.15) is 10.4 Å². The molecule has 112 valence electrons. The van der Waals surface area contributed by atoms with E-state index in [2.05, 4.69) is 20.5 Å². The molecule has 1 aromatic heterocycles. The Labute approximate surface area is 139 Å². The van der Waals surface area contributed by atoms with Crippen LogP contribution in [0.2, 0.25) is 0 Å². The number of rotatable bonds is 4. The number of tetrazole rings is 1. The largest absolute Gasteiger partial charge is 0.282 e. The van der Waals surface area contributed by atoms with E-state index in [0.29, 0.717) is 20.2 Å². The van der Waals surface area contributed by atoms with E-state index in [1.165, 1.54) is 40.0 Å². The highest BCUT2D eigenvalue weighted by atomic mass is 32.2. The van der Waals surface area contributed by atoms with Crippen LogP contribution in [0, 0.1) is 11.5 Å². The SMILES string of the molecule is CSC(=NC#N)SCSc1nnnn1C(=O)c1ccccc1. The molecule has 0 aliphatic heterocycles. The standard InChI is InChI=1S/C12H10N6OS3/c1-20-12(14-7-13)22-8-21-11-15-16-17-18(11)10(19)9-5-3-2-4-6-9/h2-6H,8H2,1H3. The minimum atomic E-state index is -0.283. The monoisotopic (exact) mass is 350 g/mol. The molecule has 0 aliphatic rings. The van der Waals surface area contributed by atoms with Gasteiger partial charge in [0.25, 0.3) is 5.91 Å². The number of nitriles is 1. The molecule has 1 heterocycles. The minimum absolute atomic E-state index is 0.283. The quantitative estimate of drug-likeness (QED) is 0.207. The van der Waals surface area contributed by atoms with Gasteiger partial charge >= 0.3 is 0 Å². The maximum Gasteiger partial charge on any atom is 0.282 e. The van der Waals surface area contributed by atoms with Crippen molar-refractivity contribution in [2.75, 3.05) is 11.3 Å². The van der Waals surface area contributed by atoms with Gasteiger partial charge in [-0.2, -0.15) is 10.3 Å². The molecule has 0 saturated heterocycles. The lowest BCUT2D eigenvalue weighted by Gasteiger charge is -2.03. The summed E-state index contributed by atoms with van der Waals surface area (Å²) in [7, 11) is 0. The van der Waals surface area contributed by atoms with Gasteiger partial charge in [-0.1, -0.05) is 41.7 Å². The van der Waals surface area contributed by atoms with Crippen molar-refractivity contribution in [2.45, 2.75) is 5.16 Å². The number of thioether (sulfide) groups is 3. The summed E-state index contributed by atoms with van der Waals surface area (Å²) in [4.78, 5) is 16.0. The third-order valence-electron chi connectivity index (χ3n) is 2.34. The fraction of sp³-hybridized carbons (Fsp3) is 0.167. The second kappa shape index (κ2) is 8.57. The molecule has 10 heteroatoms. The normalized spacial score (nSPS) is 11.2. The molecule has 0 atom stereocenters. The van der Waals surface area contributed by atoms with Gasteiger partial charge in [-0.15, -0.1) is 21.5 Å². The maximum absolute atomic E-state index is 12.3. The zero-order valence-electron chi connectivity index (χ0n) is 11.4. The van der Waals surface area contributed by atoms with Crippen LogP contribution in [-0.2, 0) is 0 Å². The number of aromatic nitrogens is 4. The van der Waals surface area contributed by atoms with E-state index in [0.717, 1.165) is 0 Å². The molecule has 0 bridgehead atoms. The molecular weight excluding hydrogens is 340 g/mol. The summed E-state index contributed by atoms with van der Waals surface area (Å²) >= 11 is 4.10. The zero-order valence-corrected chi connectivity index (χ0v) is 13.9. The molecule has 0 N–H and O–H groups in total. The molecule has 7 nitrogen and oxygen atoms in total. The molecule has 0 amide bonds. The Balaban J connectivity index is 2.03. The highest BCUT2D eigenvalue weighted by Gasteiger charge is 2.16. The van der Waals surface area contributed by atoms with Gasteiger partial charge < -0.3 is 0 Å². The first kappa shape index (κ1) is 16.5. The van der Waals surface area contributed by atoms with Gasteiger partial charge in [0, 0.05) is 5.56 Å². The second-order valence-corrected chi connectivity index (χ2v) is 6.96. The predicted octanol–water partition coefficient (Wildman–Crippen LogP) is 2.34. The lowest BCUT2D eigenvalue weighted by atomic mass is 10.2. The summed E-state index contributed by atoms with van der Waals surface area (Å²) in [6.07, 6.45) is 3.59. The van der Waals surface area contributed by atoms with Gasteiger partial charge in [0.2, 0.25) is 11.3 Å². The van der Waals surface area contributed by atoms with Crippen LogP contribution in [0.25, 0.3) is 0 Å². The van der Waals surface area contributed by atoms with E-state index in [1.807, 2.05) is 12.3 Å². The number of hydrogen-bond donors (Lipinski definition) is 0.